The number of aryl methyl sites for hydroxylation is 1. The molecule has 3 rings (SSSR count). The van der Waals surface area contributed by atoms with Gasteiger partial charge in [-0.3, -0.25) is 4.79 Å². The quantitative estimate of drug-likeness (QED) is 0.702. The van der Waals surface area contributed by atoms with Crippen LogP contribution in [0.25, 0.3) is 11.0 Å². The average Bonchev–Trinajstić information content (AvgIpc) is 3.18. The summed E-state index contributed by atoms with van der Waals surface area (Å²) in [5, 5.41) is 20.0. The van der Waals surface area contributed by atoms with Crippen molar-refractivity contribution in [1.82, 2.24) is 20.3 Å². The summed E-state index contributed by atoms with van der Waals surface area (Å²) in [7, 11) is 0. The van der Waals surface area contributed by atoms with Crippen LogP contribution < -0.4 is 5.32 Å². The van der Waals surface area contributed by atoms with Crippen LogP contribution in [0.1, 0.15) is 41.7 Å². The molecule has 3 aromatic rings. The highest BCUT2D eigenvalue weighted by Crippen LogP contribution is 2.32. The maximum atomic E-state index is 12.4. The van der Waals surface area contributed by atoms with Gasteiger partial charge in [-0.15, -0.1) is 5.10 Å². The fraction of sp³-hybridized carbons (Fsp3) is 0.333. The molecule has 2 aromatic heterocycles. The van der Waals surface area contributed by atoms with Gasteiger partial charge >= 0.3 is 5.97 Å². The number of fused-ring (bicyclic) bond motifs is 1. The number of aromatic nitrogens is 3. The molecule has 1 atom stereocenters. The highest BCUT2D eigenvalue weighted by atomic mass is 16.4. The number of furan rings is 1. The number of benzene rings is 1. The molecule has 26 heavy (non-hydrogen) atoms. The molecule has 2 N–H and O–H groups in total. The summed E-state index contributed by atoms with van der Waals surface area (Å²) in [6.07, 6.45) is 1.22. The third-order valence-corrected chi connectivity index (χ3v) is 4.21. The molecule has 1 aromatic carbocycles. The SMILES string of the molecule is Cc1c(C(NC(=O)Cn2cc(C(=O)O)nn2)C(C)C)oc2ccccc12. The molecule has 0 spiro atoms. The number of carbonyl (C=O) groups excluding carboxylic acids is 1. The first-order valence-corrected chi connectivity index (χ1v) is 8.27. The lowest BCUT2D eigenvalue weighted by atomic mass is 9.98. The largest absolute Gasteiger partial charge is 0.476 e. The predicted octanol–water partition coefficient (Wildman–Crippen LogP) is 2.54. The number of carbonyl (C=O) groups is 2. The van der Waals surface area contributed by atoms with E-state index >= 15 is 0 Å². The van der Waals surface area contributed by atoms with Gasteiger partial charge in [0, 0.05) is 10.9 Å². The van der Waals surface area contributed by atoms with Gasteiger partial charge in [0.05, 0.1) is 12.2 Å². The van der Waals surface area contributed by atoms with Crippen molar-refractivity contribution >= 4 is 22.8 Å². The Morgan fingerprint density at radius 3 is 2.65 bits per heavy atom. The van der Waals surface area contributed by atoms with E-state index in [9.17, 15) is 9.59 Å². The summed E-state index contributed by atoms with van der Waals surface area (Å²) in [5.41, 5.74) is 1.57. The molecular weight excluding hydrogens is 336 g/mol. The number of rotatable bonds is 6. The highest BCUT2D eigenvalue weighted by Gasteiger charge is 2.25. The van der Waals surface area contributed by atoms with Crippen molar-refractivity contribution in [3.05, 3.63) is 47.5 Å². The van der Waals surface area contributed by atoms with Crippen molar-refractivity contribution in [1.29, 1.82) is 0 Å². The molecule has 0 aliphatic heterocycles. The lowest BCUT2D eigenvalue weighted by Gasteiger charge is -2.21. The molecular formula is C18H20N4O4. The van der Waals surface area contributed by atoms with E-state index < -0.39 is 5.97 Å². The van der Waals surface area contributed by atoms with Crippen molar-refractivity contribution in [3.8, 4) is 0 Å². The van der Waals surface area contributed by atoms with Crippen LogP contribution in [0.15, 0.2) is 34.9 Å². The molecule has 0 saturated heterocycles. The number of nitrogens with zero attached hydrogens (tertiary/aromatic N) is 3. The number of aromatic carboxylic acids is 1. The summed E-state index contributed by atoms with van der Waals surface area (Å²) < 4.78 is 7.18. The van der Waals surface area contributed by atoms with Crippen LogP contribution in [0.5, 0.6) is 0 Å². The molecule has 1 amide bonds. The van der Waals surface area contributed by atoms with Gasteiger partial charge in [-0.1, -0.05) is 37.3 Å². The van der Waals surface area contributed by atoms with E-state index in [-0.39, 0.29) is 30.1 Å². The van der Waals surface area contributed by atoms with Crippen molar-refractivity contribution in [2.24, 2.45) is 5.92 Å². The zero-order valence-electron chi connectivity index (χ0n) is 14.8. The lowest BCUT2D eigenvalue weighted by molar-refractivity contribution is -0.123. The number of carboxylic acid groups (broad SMARTS) is 1. The van der Waals surface area contributed by atoms with Crippen LogP contribution in [-0.2, 0) is 11.3 Å². The number of carboxylic acids is 1. The fourth-order valence-corrected chi connectivity index (χ4v) is 2.86. The molecule has 0 fully saturated rings. The summed E-state index contributed by atoms with van der Waals surface area (Å²) >= 11 is 0. The van der Waals surface area contributed by atoms with Gasteiger partial charge in [-0.05, 0) is 18.9 Å². The number of hydrogen-bond donors (Lipinski definition) is 2. The molecule has 136 valence electrons. The van der Waals surface area contributed by atoms with Gasteiger partial charge < -0.3 is 14.8 Å². The second kappa shape index (κ2) is 6.99. The molecule has 0 radical (unpaired) electrons. The Morgan fingerprint density at radius 2 is 2.04 bits per heavy atom. The second-order valence-electron chi connectivity index (χ2n) is 6.48. The zero-order chi connectivity index (χ0) is 18.8. The predicted molar refractivity (Wildman–Crippen MR) is 93.7 cm³/mol. The number of hydrogen-bond acceptors (Lipinski definition) is 5. The first kappa shape index (κ1) is 17.7. The van der Waals surface area contributed by atoms with E-state index in [1.165, 1.54) is 10.9 Å². The van der Waals surface area contributed by atoms with E-state index in [1.807, 2.05) is 45.0 Å². The van der Waals surface area contributed by atoms with Crippen molar-refractivity contribution in [2.75, 3.05) is 0 Å². The Labute approximate surface area is 149 Å². The summed E-state index contributed by atoms with van der Waals surface area (Å²) in [6.45, 7) is 5.84. The monoisotopic (exact) mass is 356 g/mol. The minimum Gasteiger partial charge on any atom is -0.476 e. The van der Waals surface area contributed by atoms with Crippen LogP contribution in [0.2, 0.25) is 0 Å². The summed E-state index contributed by atoms with van der Waals surface area (Å²) in [5.74, 6) is -0.664. The van der Waals surface area contributed by atoms with E-state index in [2.05, 4.69) is 15.6 Å². The maximum Gasteiger partial charge on any atom is 0.358 e. The van der Waals surface area contributed by atoms with E-state index in [0.717, 1.165) is 22.3 Å². The van der Waals surface area contributed by atoms with Crippen molar-refractivity contribution in [2.45, 2.75) is 33.4 Å². The van der Waals surface area contributed by atoms with Gasteiger partial charge in [-0.25, -0.2) is 9.48 Å². The molecule has 0 bridgehead atoms. The van der Waals surface area contributed by atoms with Crippen LogP contribution >= 0.6 is 0 Å². The van der Waals surface area contributed by atoms with Crippen LogP contribution in [0.3, 0.4) is 0 Å². The smallest absolute Gasteiger partial charge is 0.358 e. The zero-order valence-corrected chi connectivity index (χ0v) is 14.8. The standard InChI is InChI=1S/C18H20N4O4/c1-10(2)16(17-11(3)12-6-4-5-7-14(12)26-17)19-15(23)9-22-8-13(18(24)25)20-21-22/h4-8,10,16H,9H2,1-3H3,(H,19,23)(H,24,25). The lowest BCUT2D eigenvalue weighted by Crippen LogP contribution is -2.34. The first-order valence-electron chi connectivity index (χ1n) is 8.27. The normalized spacial score (nSPS) is 12.5. The fourth-order valence-electron chi connectivity index (χ4n) is 2.86. The van der Waals surface area contributed by atoms with Crippen molar-refractivity contribution in [3.63, 3.8) is 0 Å². The Kier molecular flexibility index (Phi) is 4.75. The third kappa shape index (κ3) is 3.44. The number of para-hydroxylation sites is 1. The minimum absolute atomic E-state index is 0.100. The molecule has 8 heteroatoms. The molecule has 2 heterocycles. The number of nitrogens with one attached hydrogen (secondary N) is 1. The maximum absolute atomic E-state index is 12.4. The Bertz CT molecular complexity index is 957. The second-order valence-corrected chi connectivity index (χ2v) is 6.48. The molecule has 0 aliphatic rings. The van der Waals surface area contributed by atoms with Crippen LogP contribution in [-0.4, -0.2) is 32.0 Å². The van der Waals surface area contributed by atoms with Crippen LogP contribution in [0, 0.1) is 12.8 Å². The van der Waals surface area contributed by atoms with Crippen molar-refractivity contribution < 1.29 is 19.1 Å². The van der Waals surface area contributed by atoms with Gasteiger partial charge in [0.1, 0.15) is 17.9 Å². The highest BCUT2D eigenvalue weighted by molar-refractivity contribution is 5.85. The summed E-state index contributed by atoms with van der Waals surface area (Å²) in [4.78, 5) is 23.3. The number of amides is 1. The average molecular weight is 356 g/mol. The third-order valence-electron chi connectivity index (χ3n) is 4.21. The van der Waals surface area contributed by atoms with E-state index in [1.54, 1.807) is 0 Å². The molecule has 8 nitrogen and oxygen atoms in total. The van der Waals surface area contributed by atoms with Gasteiger partial charge in [0.15, 0.2) is 5.69 Å². The van der Waals surface area contributed by atoms with Gasteiger partial charge in [-0.2, -0.15) is 0 Å². The first-order chi connectivity index (χ1) is 12.4. The molecule has 0 saturated carbocycles. The van der Waals surface area contributed by atoms with Gasteiger partial charge in [0.25, 0.3) is 0 Å². The Balaban J connectivity index is 1.80. The van der Waals surface area contributed by atoms with Crippen LogP contribution in [0.4, 0.5) is 0 Å². The van der Waals surface area contributed by atoms with Gasteiger partial charge in [0.2, 0.25) is 5.91 Å². The topological polar surface area (TPSA) is 110 Å². The van der Waals surface area contributed by atoms with E-state index in [4.69, 9.17) is 9.52 Å². The molecule has 0 aliphatic carbocycles. The van der Waals surface area contributed by atoms with E-state index in [0.29, 0.717) is 0 Å². The minimum atomic E-state index is -1.19. The Morgan fingerprint density at radius 1 is 1.31 bits per heavy atom. The Hall–Kier alpha value is -3.16. The summed E-state index contributed by atoms with van der Waals surface area (Å²) in [6, 6.07) is 7.43. The molecule has 1 unspecified atom stereocenters.